The van der Waals surface area contributed by atoms with Crippen LogP contribution in [0.4, 0.5) is 0 Å². The van der Waals surface area contributed by atoms with E-state index >= 15 is 0 Å². The number of hydrogen-bond acceptors (Lipinski definition) is 5. The lowest BCUT2D eigenvalue weighted by Crippen LogP contribution is -2.45. The highest BCUT2D eigenvalue weighted by Crippen LogP contribution is 2.36. The molecule has 0 aromatic heterocycles. The van der Waals surface area contributed by atoms with Crippen molar-refractivity contribution < 1.29 is 19.0 Å². The van der Waals surface area contributed by atoms with Crippen LogP contribution in [-0.4, -0.2) is 45.0 Å². The zero-order chi connectivity index (χ0) is 16.3. The summed E-state index contributed by atoms with van der Waals surface area (Å²) in [6.07, 6.45) is 0.442. The van der Waals surface area contributed by atoms with Gasteiger partial charge in [-0.25, -0.2) is 0 Å². The Morgan fingerprint density at radius 3 is 2.88 bits per heavy atom. The lowest BCUT2D eigenvalue weighted by molar-refractivity contribution is -0.122. The molecule has 1 amide bonds. The maximum absolute atomic E-state index is 12.1. The number of nitrogens with one attached hydrogen (secondary N) is 2. The molecular formula is C17H25ClN2O4. The van der Waals surface area contributed by atoms with Gasteiger partial charge < -0.3 is 24.8 Å². The molecule has 1 aromatic rings. The third-order valence-electron chi connectivity index (χ3n) is 4.31. The summed E-state index contributed by atoms with van der Waals surface area (Å²) in [5.74, 6) is 1.59. The summed E-state index contributed by atoms with van der Waals surface area (Å²) in [7, 11) is 0. The lowest BCUT2D eigenvalue weighted by Gasteiger charge is -2.27. The summed E-state index contributed by atoms with van der Waals surface area (Å²) in [4.78, 5) is 12.1. The first-order valence-corrected chi connectivity index (χ1v) is 8.02. The minimum Gasteiger partial charge on any atom is -0.454 e. The van der Waals surface area contributed by atoms with Crippen molar-refractivity contribution in [3.05, 3.63) is 23.8 Å². The average molecular weight is 357 g/mol. The molecule has 1 atom stereocenters. The van der Waals surface area contributed by atoms with E-state index < -0.39 is 0 Å². The number of carbonyl (C=O) groups is 1. The van der Waals surface area contributed by atoms with E-state index in [0.29, 0.717) is 19.6 Å². The predicted molar refractivity (Wildman–Crippen MR) is 93.1 cm³/mol. The second-order valence-electron chi connectivity index (χ2n) is 6.66. The SMILES string of the molecule is CC(C)(CNC(=O)CC1COCCN1)c1ccc2c(c1)OCO2.Cl. The highest BCUT2D eigenvalue weighted by molar-refractivity contribution is 5.85. The Hall–Kier alpha value is -1.50. The first-order valence-electron chi connectivity index (χ1n) is 8.02. The van der Waals surface area contributed by atoms with Gasteiger partial charge in [0.25, 0.3) is 0 Å². The molecule has 3 rings (SSSR count). The van der Waals surface area contributed by atoms with Gasteiger partial charge in [0.15, 0.2) is 11.5 Å². The van der Waals surface area contributed by atoms with Crippen LogP contribution >= 0.6 is 12.4 Å². The highest BCUT2D eigenvalue weighted by Gasteiger charge is 2.25. The topological polar surface area (TPSA) is 68.8 Å². The Kier molecular flexibility index (Phi) is 6.32. The molecule has 1 saturated heterocycles. The van der Waals surface area contributed by atoms with Crippen molar-refractivity contribution in [1.82, 2.24) is 10.6 Å². The van der Waals surface area contributed by atoms with E-state index in [-0.39, 0.29) is 36.6 Å². The largest absolute Gasteiger partial charge is 0.454 e. The number of morpholine rings is 1. The standard InChI is InChI=1S/C17H24N2O4.ClH/c1-17(2,12-3-4-14-15(7-12)23-11-22-14)10-19-16(20)8-13-9-21-6-5-18-13;/h3-4,7,13,18H,5-6,8-11H2,1-2H3,(H,19,20);1H. The fraction of sp³-hybridized carbons (Fsp3) is 0.588. The maximum atomic E-state index is 12.1. The average Bonchev–Trinajstić information content (AvgIpc) is 3.02. The molecule has 1 unspecified atom stereocenters. The summed E-state index contributed by atoms with van der Waals surface area (Å²) in [5.41, 5.74) is 0.925. The molecular weight excluding hydrogens is 332 g/mol. The van der Waals surface area contributed by atoms with Crippen molar-refractivity contribution >= 4 is 18.3 Å². The van der Waals surface area contributed by atoms with E-state index in [1.54, 1.807) is 0 Å². The minimum atomic E-state index is -0.187. The zero-order valence-corrected chi connectivity index (χ0v) is 14.9. The Bertz CT molecular complexity index is 574. The molecule has 1 fully saturated rings. The third-order valence-corrected chi connectivity index (χ3v) is 4.31. The van der Waals surface area contributed by atoms with Gasteiger partial charge in [0.1, 0.15) is 0 Å². The van der Waals surface area contributed by atoms with Gasteiger partial charge in [-0.05, 0) is 17.7 Å². The number of amides is 1. The van der Waals surface area contributed by atoms with Crippen LogP contribution in [0.15, 0.2) is 18.2 Å². The van der Waals surface area contributed by atoms with Crippen molar-refractivity contribution in [3.8, 4) is 11.5 Å². The molecule has 0 radical (unpaired) electrons. The molecule has 2 heterocycles. The van der Waals surface area contributed by atoms with Crippen LogP contribution in [0.3, 0.4) is 0 Å². The van der Waals surface area contributed by atoms with Crippen molar-refractivity contribution in [2.24, 2.45) is 0 Å². The fourth-order valence-corrected chi connectivity index (χ4v) is 2.79. The summed E-state index contributed by atoms with van der Waals surface area (Å²) < 4.78 is 16.1. The minimum absolute atomic E-state index is 0. The fourth-order valence-electron chi connectivity index (χ4n) is 2.79. The molecule has 134 valence electrons. The molecule has 0 aliphatic carbocycles. The quantitative estimate of drug-likeness (QED) is 0.839. The molecule has 2 aliphatic heterocycles. The van der Waals surface area contributed by atoms with E-state index in [9.17, 15) is 4.79 Å². The number of ether oxygens (including phenoxy) is 3. The molecule has 0 saturated carbocycles. The number of carbonyl (C=O) groups excluding carboxylic acids is 1. The van der Waals surface area contributed by atoms with Crippen LogP contribution in [0, 0.1) is 0 Å². The lowest BCUT2D eigenvalue weighted by atomic mass is 9.84. The molecule has 1 aromatic carbocycles. The monoisotopic (exact) mass is 356 g/mol. The van der Waals surface area contributed by atoms with Gasteiger partial charge in [0, 0.05) is 31.0 Å². The summed E-state index contributed by atoms with van der Waals surface area (Å²) in [5, 5.41) is 6.32. The van der Waals surface area contributed by atoms with Gasteiger partial charge in [-0.1, -0.05) is 19.9 Å². The summed E-state index contributed by atoms with van der Waals surface area (Å²) in [6, 6.07) is 6.04. The van der Waals surface area contributed by atoms with E-state index in [1.807, 2.05) is 18.2 Å². The van der Waals surface area contributed by atoms with E-state index in [0.717, 1.165) is 30.2 Å². The van der Waals surface area contributed by atoms with Gasteiger partial charge in [-0.2, -0.15) is 0 Å². The Morgan fingerprint density at radius 2 is 2.12 bits per heavy atom. The van der Waals surface area contributed by atoms with Crippen LogP contribution < -0.4 is 20.1 Å². The summed E-state index contributed by atoms with van der Waals surface area (Å²) in [6.45, 7) is 7.17. The van der Waals surface area contributed by atoms with Gasteiger partial charge in [-0.3, -0.25) is 4.79 Å². The van der Waals surface area contributed by atoms with E-state index in [4.69, 9.17) is 14.2 Å². The van der Waals surface area contributed by atoms with Crippen molar-refractivity contribution in [2.75, 3.05) is 33.1 Å². The Labute approximate surface area is 148 Å². The number of fused-ring (bicyclic) bond motifs is 1. The van der Waals surface area contributed by atoms with Gasteiger partial charge >= 0.3 is 0 Å². The van der Waals surface area contributed by atoms with Crippen LogP contribution in [0.2, 0.25) is 0 Å². The summed E-state index contributed by atoms with van der Waals surface area (Å²) >= 11 is 0. The van der Waals surface area contributed by atoms with Gasteiger partial charge in [0.05, 0.1) is 13.2 Å². The molecule has 0 spiro atoms. The Morgan fingerprint density at radius 1 is 1.33 bits per heavy atom. The van der Waals surface area contributed by atoms with Gasteiger partial charge in [0.2, 0.25) is 12.7 Å². The number of hydrogen-bond donors (Lipinski definition) is 2. The molecule has 6 nitrogen and oxygen atoms in total. The van der Waals surface area contributed by atoms with Crippen molar-refractivity contribution in [3.63, 3.8) is 0 Å². The number of halogens is 1. The zero-order valence-electron chi connectivity index (χ0n) is 14.1. The Balaban J connectivity index is 0.00000208. The number of benzene rings is 1. The normalized spacial score (nSPS) is 19.5. The third kappa shape index (κ3) is 4.53. The molecule has 2 N–H and O–H groups in total. The van der Waals surface area contributed by atoms with Crippen LogP contribution in [0.5, 0.6) is 11.5 Å². The molecule has 0 bridgehead atoms. The molecule has 2 aliphatic rings. The highest BCUT2D eigenvalue weighted by atomic mass is 35.5. The predicted octanol–water partition coefficient (Wildman–Crippen LogP) is 1.61. The first kappa shape index (κ1) is 18.8. The van der Waals surface area contributed by atoms with Crippen LogP contribution in [-0.2, 0) is 14.9 Å². The molecule has 7 heteroatoms. The van der Waals surface area contributed by atoms with E-state index in [1.165, 1.54) is 0 Å². The second kappa shape index (κ2) is 8.05. The second-order valence-corrected chi connectivity index (χ2v) is 6.66. The van der Waals surface area contributed by atoms with E-state index in [2.05, 4.69) is 24.5 Å². The molecule has 24 heavy (non-hydrogen) atoms. The van der Waals surface area contributed by atoms with Crippen molar-refractivity contribution in [2.45, 2.75) is 31.7 Å². The maximum Gasteiger partial charge on any atom is 0.231 e. The number of rotatable bonds is 5. The van der Waals surface area contributed by atoms with Crippen molar-refractivity contribution in [1.29, 1.82) is 0 Å². The van der Waals surface area contributed by atoms with Crippen LogP contribution in [0.1, 0.15) is 25.8 Å². The van der Waals surface area contributed by atoms with Crippen LogP contribution in [0.25, 0.3) is 0 Å². The first-order chi connectivity index (χ1) is 11.0. The van der Waals surface area contributed by atoms with Gasteiger partial charge in [-0.15, -0.1) is 12.4 Å². The smallest absolute Gasteiger partial charge is 0.231 e.